The maximum atomic E-state index is 11.7. The maximum absolute atomic E-state index is 11.7. The Hall–Kier alpha value is -1.15. The van der Waals surface area contributed by atoms with E-state index < -0.39 is 5.97 Å². The molecule has 0 saturated carbocycles. The highest BCUT2D eigenvalue weighted by atomic mass is 127. The number of benzene rings is 1. The van der Waals surface area contributed by atoms with E-state index in [2.05, 4.69) is 27.9 Å². The molecular weight excluding hydrogens is 347 g/mol. The minimum atomic E-state index is -0.861. The fourth-order valence-electron chi connectivity index (χ4n) is 1.36. The number of nitrogens with zero attached hydrogens (tertiary/aromatic N) is 1. The van der Waals surface area contributed by atoms with E-state index in [0.717, 1.165) is 9.26 Å². The molecule has 1 rings (SSSR count). The van der Waals surface area contributed by atoms with Gasteiger partial charge < -0.3 is 10.4 Å². The highest BCUT2D eigenvalue weighted by Crippen LogP contribution is 2.16. The quantitative estimate of drug-likeness (QED) is 0.755. The summed E-state index contributed by atoms with van der Waals surface area (Å²) in [5, 5.41) is 11.3. The molecule has 0 fully saturated rings. The Morgan fingerprint density at radius 3 is 2.67 bits per heavy atom. The number of aliphatic carboxylic acids is 1. The SMILES string of the molecule is CN(CCC(=O)O)CC(=O)Nc1ccccc1I. The molecule has 0 aromatic heterocycles. The van der Waals surface area contributed by atoms with Gasteiger partial charge in [-0.1, -0.05) is 12.1 Å². The number of halogens is 1. The molecule has 0 bridgehead atoms. The standard InChI is InChI=1S/C12H15IN2O3/c1-15(7-6-12(17)18)8-11(16)14-10-5-3-2-4-9(10)13/h2-5H,6-8H2,1H3,(H,14,16)(H,17,18). The van der Waals surface area contributed by atoms with Crippen LogP contribution < -0.4 is 5.32 Å². The fourth-order valence-corrected chi connectivity index (χ4v) is 1.89. The zero-order valence-electron chi connectivity index (χ0n) is 10.0. The van der Waals surface area contributed by atoms with Crippen molar-refractivity contribution in [3.8, 4) is 0 Å². The first-order chi connectivity index (χ1) is 8.49. The molecule has 1 aromatic rings. The van der Waals surface area contributed by atoms with Gasteiger partial charge in [-0.25, -0.2) is 0 Å². The molecule has 5 nitrogen and oxygen atoms in total. The third kappa shape index (κ3) is 5.46. The van der Waals surface area contributed by atoms with Gasteiger partial charge in [0.1, 0.15) is 0 Å². The highest BCUT2D eigenvalue weighted by molar-refractivity contribution is 14.1. The van der Waals surface area contributed by atoms with Gasteiger partial charge in [0.25, 0.3) is 0 Å². The van der Waals surface area contributed by atoms with Gasteiger partial charge in [-0.2, -0.15) is 0 Å². The average Bonchev–Trinajstić information content (AvgIpc) is 2.29. The van der Waals surface area contributed by atoms with Gasteiger partial charge in [0.05, 0.1) is 18.7 Å². The van der Waals surface area contributed by atoms with Crippen molar-refractivity contribution in [2.24, 2.45) is 0 Å². The molecule has 1 aromatic carbocycles. The van der Waals surface area contributed by atoms with E-state index in [0.29, 0.717) is 6.54 Å². The van der Waals surface area contributed by atoms with Crippen molar-refractivity contribution < 1.29 is 14.7 Å². The van der Waals surface area contributed by atoms with Crippen LogP contribution in [0.1, 0.15) is 6.42 Å². The smallest absolute Gasteiger partial charge is 0.304 e. The molecule has 2 N–H and O–H groups in total. The topological polar surface area (TPSA) is 69.6 Å². The van der Waals surface area contributed by atoms with Crippen LogP contribution in [-0.4, -0.2) is 42.0 Å². The van der Waals surface area contributed by atoms with Crippen LogP contribution in [0, 0.1) is 3.57 Å². The van der Waals surface area contributed by atoms with Crippen molar-refractivity contribution >= 4 is 40.2 Å². The summed E-state index contributed by atoms with van der Waals surface area (Å²) in [5.41, 5.74) is 0.773. The number of amides is 1. The Balaban J connectivity index is 2.42. The van der Waals surface area contributed by atoms with Crippen LogP contribution in [0.4, 0.5) is 5.69 Å². The lowest BCUT2D eigenvalue weighted by Gasteiger charge is -2.15. The summed E-state index contributed by atoms with van der Waals surface area (Å²) >= 11 is 2.15. The van der Waals surface area contributed by atoms with Crippen molar-refractivity contribution in [3.63, 3.8) is 0 Å². The largest absolute Gasteiger partial charge is 0.481 e. The minimum absolute atomic E-state index is 0.0344. The van der Waals surface area contributed by atoms with Crippen molar-refractivity contribution in [3.05, 3.63) is 27.8 Å². The number of carbonyl (C=O) groups is 2. The average molecular weight is 362 g/mol. The predicted molar refractivity (Wildman–Crippen MR) is 77.5 cm³/mol. The molecule has 6 heteroatoms. The normalized spacial score (nSPS) is 10.4. The minimum Gasteiger partial charge on any atom is -0.481 e. The first-order valence-electron chi connectivity index (χ1n) is 5.43. The van der Waals surface area contributed by atoms with Crippen LogP contribution in [0.15, 0.2) is 24.3 Å². The van der Waals surface area contributed by atoms with Gasteiger partial charge in [-0.3, -0.25) is 14.5 Å². The summed E-state index contributed by atoms with van der Waals surface area (Å²) in [6, 6.07) is 7.49. The van der Waals surface area contributed by atoms with E-state index in [9.17, 15) is 9.59 Å². The van der Waals surface area contributed by atoms with Gasteiger partial charge in [-0.05, 0) is 41.8 Å². The number of hydrogen-bond acceptors (Lipinski definition) is 3. The summed E-state index contributed by atoms with van der Waals surface area (Å²) in [7, 11) is 1.72. The highest BCUT2D eigenvalue weighted by Gasteiger charge is 2.09. The molecular formula is C12H15IN2O3. The first kappa shape index (κ1) is 14.9. The Morgan fingerprint density at radius 1 is 1.39 bits per heavy atom. The molecule has 0 aliphatic carbocycles. The molecule has 0 spiro atoms. The molecule has 0 atom stereocenters. The molecule has 98 valence electrons. The maximum Gasteiger partial charge on any atom is 0.304 e. The van der Waals surface area contributed by atoms with E-state index >= 15 is 0 Å². The van der Waals surface area contributed by atoms with Crippen LogP contribution in [-0.2, 0) is 9.59 Å². The summed E-state index contributed by atoms with van der Waals surface area (Å²) in [6.45, 7) is 0.535. The molecule has 0 aliphatic heterocycles. The second kappa shape index (κ2) is 7.32. The number of carboxylic acid groups (broad SMARTS) is 1. The number of carboxylic acids is 1. The van der Waals surface area contributed by atoms with Gasteiger partial charge in [0.15, 0.2) is 0 Å². The summed E-state index contributed by atoms with van der Waals surface area (Å²) < 4.78 is 0.969. The third-order valence-corrected chi connectivity index (χ3v) is 3.21. The van der Waals surface area contributed by atoms with E-state index in [-0.39, 0.29) is 18.9 Å². The van der Waals surface area contributed by atoms with Crippen LogP contribution in [0.5, 0.6) is 0 Å². The second-order valence-electron chi connectivity index (χ2n) is 3.91. The molecule has 0 heterocycles. The lowest BCUT2D eigenvalue weighted by molar-refractivity contribution is -0.137. The summed E-state index contributed by atoms with van der Waals surface area (Å²) in [5.74, 6) is -1.01. The number of carbonyl (C=O) groups excluding carboxylic acids is 1. The lowest BCUT2D eigenvalue weighted by atomic mass is 10.3. The van der Waals surface area contributed by atoms with Crippen molar-refractivity contribution in [2.45, 2.75) is 6.42 Å². The van der Waals surface area contributed by atoms with Crippen molar-refractivity contribution in [2.75, 3.05) is 25.5 Å². The van der Waals surface area contributed by atoms with Crippen molar-refractivity contribution in [1.82, 2.24) is 4.90 Å². The predicted octanol–water partition coefficient (Wildman–Crippen LogP) is 1.64. The Bertz CT molecular complexity index is 437. The number of likely N-dealkylation sites (N-methyl/N-ethyl adjacent to an activating group) is 1. The zero-order valence-corrected chi connectivity index (χ0v) is 12.2. The Labute approximate surface area is 119 Å². The Morgan fingerprint density at radius 2 is 2.06 bits per heavy atom. The fraction of sp³-hybridized carbons (Fsp3) is 0.333. The van der Waals surface area contributed by atoms with Crippen LogP contribution in [0.3, 0.4) is 0 Å². The zero-order chi connectivity index (χ0) is 13.5. The van der Waals surface area contributed by atoms with Gasteiger partial charge >= 0.3 is 5.97 Å². The summed E-state index contributed by atoms with van der Waals surface area (Å²) in [6.07, 6.45) is 0.0344. The van der Waals surface area contributed by atoms with Gasteiger partial charge in [0, 0.05) is 10.1 Å². The van der Waals surface area contributed by atoms with Crippen LogP contribution >= 0.6 is 22.6 Å². The van der Waals surface area contributed by atoms with Gasteiger partial charge in [-0.15, -0.1) is 0 Å². The van der Waals surface area contributed by atoms with E-state index in [1.807, 2.05) is 24.3 Å². The number of nitrogens with one attached hydrogen (secondary N) is 1. The molecule has 0 aliphatic rings. The lowest BCUT2D eigenvalue weighted by Crippen LogP contribution is -2.31. The number of anilines is 1. The number of para-hydroxylation sites is 1. The second-order valence-corrected chi connectivity index (χ2v) is 5.07. The van der Waals surface area contributed by atoms with E-state index in [1.165, 1.54) is 0 Å². The first-order valence-corrected chi connectivity index (χ1v) is 6.51. The molecule has 0 saturated heterocycles. The molecule has 18 heavy (non-hydrogen) atoms. The van der Waals surface area contributed by atoms with Gasteiger partial charge in [0.2, 0.25) is 5.91 Å². The monoisotopic (exact) mass is 362 g/mol. The molecule has 0 unspecified atom stereocenters. The number of rotatable bonds is 6. The molecule has 1 amide bonds. The molecule has 0 radical (unpaired) electrons. The van der Waals surface area contributed by atoms with Crippen LogP contribution in [0.25, 0.3) is 0 Å². The van der Waals surface area contributed by atoms with Crippen molar-refractivity contribution in [1.29, 1.82) is 0 Å². The Kier molecular flexibility index (Phi) is 6.06. The number of hydrogen-bond donors (Lipinski definition) is 2. The third-order valence-electron chi connectivity index (χ3n) is 2.27. The summed E-state index contributed by atoms with van der Waals surface area (Å²) in [4.78, 5) is 23.8. The van der Waals surface area contributed by atoms with E-state index in [4.69, 9.17) is 5.11 Å². The van der Waals surface area contributed by atoms with Crippen LogP contribution in [0.2, 0.25) is 0 Å². The van der Waals surface area contributed by atoms with E-state index in [1.54, 1.807) is 11.9 Å².